The highest BCUT2D eigenvalue weighted by molar-refractivity contribution is 7.86. The van der Waals surface area contributed by atoms with E-state index in [1.807, 2.05) is 0 Å². The molecule has 0 aliphatic heterocycles. The second-order valence-electron chi connectivity index (χ2n) is 4.04. The molecule has 1 radical (unpaired) electrons. The summed E-state index contributed by atoms with van der Waals surface area (Å²) in [4.78, 5) is -0.757. The molecule has 0 aliphatic carbocycles. The van der Waals surface area contributed by atoms with Crippen LogP contribution in [0.4, 0.5) is 11.4 Å². The van der Waals surface area contributed by atoms with Gasteiger partial charge in [0.2, 0.25) is 0 Å². The van der Waals surface area contributed by atoms with Gasteiger partial charge in [0.1, 0.15) is 10.6 Å². The van der Waals surface area contributed by atoms with Crippen LogP contribution in [0.1, 0.15) is 0 Å². The Hall–Kier alpha value is -2.14. The smallest absolute Gasteiger partial charge is 0.282 e. The van der Waals surface area contributed by atoms with Crippen molar-refractivity contribution in [3.05, 3.63) is 48.5 Å². The van der Waals surface area contributed by atoms with Gasteiger partial charge in [-0.05, 0) is 42.5 Å². The van der Waals surface area contributed by atoms with Crippen LogP contribution in [-0.2, 0) is 20.2 Å². The minimum absolute atomic E-state index is 0.0971. The minimum atomic E-state index is -4.46. The normalized spacial score (nSPS) is 12.6. The van der Waals surface area contributed by atoms with Crippen molar-refractivity contribution in [1.82, 2.24) is 0 Å². The predicted molar refractivity (Wildman–Crippen MR) is 75.5 cm³/mol. The van der Waals surface area contributed by atoms with E-state index in [9.17, 15) is 16.8 Å². The molecule has 0 atom stereocenters. The fourth-order valence-electron chi connectivity index (χ4n) is 1.49. The van der Waals surface area contributed by atoms with Gasteiger partial charge in [-0.15, -0.1) is 5.11 Å². The Morgan fingerprint density at radius 3 is 2.05 bits per heavy atom. The summed E-state index contributed by atoms with van der Waals surface area (Å²) in [7, 11) is -8.76. The molecule has 0 bridgehead atoms. The number of hydrogen-bond acceptors (Lipinski definition) is 6. The first-order valence-corrected chi connectivity index (χ1v) is 8.53. The third-order valence-electron chi connectivity index (χ3n) is 2.49. The highest BCUT2D eigenvalue weighted by atomic mass is 32.2. The summed E-state index contributed by atoms with van der Waals surface area (Å²) in [6.45, 7) is 0. The Morgan fingerprint density at radius 2 is 1.50 bits per heavy atom. The first-order chi connectivity index (χ1) is 10.2. The van der Waals surface area contributed by atoms with Crippen LogP contribution in [-0.4, -0.2) is 25.9 Å². The summed E-state index contributed by atoms with van der Waals surface area (Å²) in [6.07, 6.45) is 0. The van der Waals surface area contributed by atoms with E-state index in [-0.39, 0.29) is 16.3 Å². The predicted octanol–water partition coefficient (Wildman–Crippen LogP) is 2.40. The van der Waals surface area contributed by atoms with Crippen LogP contribution in [0, 0.1) is 6.07 Å². The van der Waals surface area contributed by atoms with E-state index in [1.54, 1.807) is 0 Å². The molecule has 0 spiro atoms. The van der Waals surface area contributed by atoms with Crippen molar-refractivity contribution in [2.75, 3.05) is 0 Å². The van der Waals surface area contributed by atoms with Gasteiger partial charge in [-0.3, -0.25) is 9.11 Å². The molecule has 0 heterocycles. The topological polar surface area (TPSA) is 133 Å². The van der Waals surface area contributed by atoms with Crippen molar-refractivity contribution in [3.8, 4) is 0 Å². The molecule has 0 amide bonds. The molecule has 10 heteroatoms. The molecule has 8 nitrogen and oxygen atoms in total. The minimum Gasteiger partial charge on any atom is -0.282 e. The van der Waals surface area contributed by atoms with Crippen LogP contribution in [0.2, 0.25) is 0 Å². The fraction of sp³-hybridized carbons (Fsp3) is 0. The molecule has 115 valence electrons. The van der Waals surface area contributed by atoms with Crippen LogP contribution in [0.25, 0.3) is 0 Å². The summed E-state index contributed by atoms with van der Waals surface area (Å²) in [6, 6.07) is 11.0. The lowest BCUT2D eigenvalue weighted by molar-refractivity contribution is 0.481. The molecule has 2 N–H and O–H groups in total. The van der Waals surface area contributed by atoms with E-state index in [4.69, 9.17) is 9.11 Å². The molecular formula is C12H9N2O6S2. The van der Waals surface area contributed by atoms with Gasteiger partial charge in [-0.2, -0.15) is 21.9 Å². The third kappa shape index (κ3) is 3.95. The molecule has 0 fully saturated rings. The zero-order valence-electron chi connectivity index (χ0n) is 10.8. The van der Waals surface area contributed by atoms with Crippen LogP contribution >= 0.6 is 0 Å². The van der Waals surface area contributed by atoms with Crippen molar-refractivity contribution >= 4 is 31.6 Å². The highest BCUT2D eigenvalue weighted by Gasteiger charge is 2.14. The van der Waals surface area contributed by atoms with Crippen molar-refractivity contribution in [3.63, 3.8) is 0 Å². The number of hydrogen-bond donors (Lipinski definition) is 2. The standard InChI is InChI=1S/C12H9N2O6S2/c15-21(16,17)10-7-5-9(6-8-10)13-14-11-3-1-2-4-12(11)22(18,19)20/h1,3-8H,(H,15,16,17)(H,18,19,20). The molecule has 0 aromatic heterocycles. The summed E-state index contributed by atoms with van der Waals surface area (Å²) < 4.78 is 62.0. The Labute approximate surface area is 126 Å². The van der Waals surface area contributed by atoms with Crippen LogP contribution in [0.5, 0.6) is 0 Å². The quantitative estimate of drug-likeness (QED) is 0.648. The van der Waals surface area contributed by atoms with Gasteiger partial charge in [-0.25, -0.2) is 0 Å². The SMILES string of the molecule is O=S(=O)(O)c1ccc(N=Nc2cc[c]cc2S(=O)(=O)O)cc1. The Bertz CT molecular complexity index is 918. The molecule has 22 heavy (non-hydrogen) atoms. The maximum atomic E-state index is 11.2. The van der Waals surface area contributed by atoms with Gasteiger partial charge >= 0.3 is 0 Å². The molecular weight excluding hydrogens is 332 g/mol. The second-order valence-corrected chi connectivity index (χ2v) is 6.85. The van der Waals surface area contributed by atoms with Crippen LogP contribution in [0.15, 0.2) is 62.5 Å². The Morgan fingerprint density at radius 1 is 0.864 bits per heavy atom. The van der Waals surface area contributed by atoms with E-state index in [2.05, 4.69) is 16.3 Å². The molecule has 0 aliphatic rings. The second kappa shape index (κ2) is 5.93. The molecule has 2 aromatic rings. The number of rotatable bonds is 4. The lowest BCUT2D eigenvalue weighted by Crippen LogP contribution is -1.97. The van der Waals surface area contributed by atoms with Gasteiger partial charge in [0.05, 0.1) is 10.6 Å². The van der Waals surface area contributed by atoms with Crippen molar-refractivity contribution in [2.24, 2.45) is 10.2 Å². The number of azo groups is 1. The van der Waals surface area contributed by atoms with E-state index in [0.717, 1.165) is 18.2 Å². The average Bonchev–Trinajstić information content (AvgIpc) is 2.44. The third-order valence-corrected chi connectivity index (χ3v) is 4.24. The van der Waals surface area contributed by atoms with Crippen molar-refractivity contribution in [2.45, 2.75) is 9.79 Å². The lowest BCUT2D eigenvalue weighted by atomic mass is 10.3. The first kappa shape index (κ1) is 16.2. The van der Waals surface area contributed by atoms with E-state index in [1.165, 1.54) is 24.3 Å². The summed E-state index contributed by atoms with van der Waals surface area (Å²) in [5.74, 6) is 0. The van der Waals surface area contributed by atoms with Gasteiger partial charge in [0.15, 0.2) is 0 Å². The Kier molecular flexibility index (Phi) is 4.37. The van der Waals surface area contributed by atoms with Crippen LogP contribution in [0.3, 0.4) is 0 Å². The summed E-state index contributed by atoms with van der Waals surface area (Å²) in [5, 5.41) is 7.42. The zero-order chi connectivity index (χ0) is 16.4. The van der Waals surface area contributed by atoms with E-state index >= 15 is 0 Å². The average molecular weight is 341 g/mol. The van der Waals surface area contributed by atoms with E-state index < -0.39 is 25.1 Å². The van der Waals surface area contributed by atoms with Gasteiger partial charge in [0, 0.05) is 0 Å². The molecule has 0 unspecified atom stereocenters. The molecule has 0 saturated heterocycles. The van der Waals surface area contributed by atoms with Gasteiger partial charge in [0.25, 0.3) is 20.2 Å². The lowest BCUT2D eigenvalue weighted by Gasteiger charge is -2.00. The highest BCUT2D eigenvalue weighted by Crippen LogP contribution is 2.26. The largest absolute Gasteiger partial charge is 0.296 e. The molecule has 2 aromatic carbocycles. The first-order valence-electron chi connectivity index (χ1n) is 5.65. The zero-order valence-corrected chi connectivity index (χ0v) is 12.4. The van der Waals surface area contributed by atoms with Crippen LogP contribution < -0.4 is 0 Å². The fourth-order valence-corrected chi connectivity index (χ4v) is 2.56. The monoisotopic (exact) mass is 341 g/mol. The molecule has 2 rings (SSSR count). The Balaban J connectivity index is 2.34. The molecule has 0 saturated carbocycles. The van der Waals surface area contributed by atoms with Gasteiger partial charge < -0.3 is 0 Å². The summed E-state index contributed by atoms with van der Waals surface area (Å²) >= 11 is 0. The van der Waals surface area contributed by atoms with E-state index in [0.29, 0.717) is 0 Å². The van der Waals surface area contributed by atoms with Crippen molar-refractivity contribution in [1.29, 1.82) is 0 Å². The maximum Gasteiger partial charge on any atom is 0.296 e. The summed E-state index contributed by atoms with van der Waals surface area (Å²) in [5.41, 5.74) is 0.127. The van der Waals surface area contributed by atoms with Crippen molar-refractivity contribution < 1.29 is 25.9 Å². The maximum absolute atomic E-state index is 11.2. The number of benzene rings is 2. The van der Waals surface area contributed by atoms with Gasteiger partial charge in [-0.1, -0.05) is 6.07 Å². The number of nitrogens with zero attached hydrogens (tertiary/aromatic N) is 2.